The molecule has 1 heterocycles. The van der Waals surface area contributed by atoms with E-state index in [9.17, 15) is 4.79 Å². The Bertz CT molecular complexity index is 818. The lowest BCUT2D eigenvalue weighted by Gasteiger charge is -2.09. The molecular formula is C17H15N3O2. The molecule has 3 rings (SSSR count). The van der Waals surface area contributed by atoms with E-state index >= 15 is 0 Å². The Labute approximate surface area is 127 Å². The first-order chi connectivity index (χ1) is 10.8. The molecule has 0 saturated heterocycles. The first-order valence-corrected chi connectivity index (χ1v) is 6.90. The number of hydrogen-bond acceptors (Lipinski definition) is 4. The molecular weight excluding hydrogens is 278 g/mol. The van der Waals surface area contributed by atoms with Crippen molar-refractivity contribution < 1.29 is 9.53 Å². The van der Waals surface area contributed by atoms with Crippen molar-refractivity contribution in [1.29, 1.82) is 0 Å². The lowest BCUT2D eigenvalue weighted by Crippen LogP contribution is -2.24. The number of fused-ring (bicyclic) bond motifs is 1. The van der Waals surface area contributed by atoms with Gasteiger partial charge < -0.3 is 10.1 Å². The maximum atomic E-state index is 12.2. The Hall–Kier alpha value is -2.95. The molecule has 1 N–H and O–H groups in total. The second-order valence-electron chi connectivity index (χ2n) is 4.78. The normalized spacial score (nSPS) is 10.4. The molecule has 0 bridgehead atoms. The molecule has 0 unspecified atom stereocenters. The monoisotopic (exact) mass is 293 g/mol. The van der Waals surface area contributed by atoms with Crippen LogP contribution in [0.4, 0.5) is 0 Å². The minimum atomic E-state index is -0.260. The highest BCUT2D eigenvalue weighted by Gasteiger charge is 2.10. The number of benzene rings is 2. The molecule has 0 atom stereocenters. The summed E-state index contributed by atoms with van der Waals surface area (Å²) in [5.41, 5.74) is 1.98. The van der Waals surface area contributed by atoms with Crippen molar-refractivity contribution >= 4 is 16.8 Å². The minimum absolute atomic E-state index is 0.260. The average molecular weight is 293 g/mol. The van der Waals surface area contributed by atoms with Gasteiger partial charge in [-0.1, -0.05) is 36.4 Å². The molecule has 0 aliphatic rings. The summed E-state index contributed by atoms with van der Waals surface area (Å²) in [6, 6.07) is 16.8. The van der Waals surface area contributed by atoms with Crippen LogP contribution in [-0.4, -0.2) is 23.2 Å². The molecule has 22 heavy (non-hydrogen) atoms. The summed E-state index contributed by atoms with van der Waals surface area (Å²) in [5.74, 6) is 0.483. The first-order valence-electron chi connectivity index (χ1n) is 6.90. The number of ether oxygens (including phenoxy) is 1. The van der Waals surface area contributed by atoms with Gasteiger partial charge in [0, 0.05) is 17.5 Å². The third-order valence-electron chi connectivity index (χ3n) is 3.36. The second kappa shape index (κ2) is 6.22. The summed E-state index contributed by atoms with van der Waals surface area (Å²) >= 11 is 0. The fraction of sp³-hybridized carbons (Fsp3) is 0.118. The number of nitrogens with one attached hydrogen (secondary N) is 1. The molecule has 0 aliphatic carbocycles. The maximum Gasteiger partial charge on any atom is 0.272 e. The van der Waals surface area contributed by atoms with Crippen LogP contribution in [0.5, 0.6) is 5.75 Å². The summed E-state index contributed by atoms with van der Waals surface area (Å²) in [4.78, 5) is 12.2. The highest BCUT2D eigenvalue weighted by molar-refractivity contribution is 5.95. The van der Waals surface area contributed by atoms with E-state index in [1.807, 2.05) is 48.5 Å². The Kier molecular flexibility index (Phi) is 3.96. The van der Waals surface area contributed by atoms with E-state index in [0.29, 0.717) is 12.2 Å². The number of amides is 1. The van der Waals surface area contributed by atoms with Gasteiger partial charge in [0.1, 0.15) is 5.75 Å². The van der Waals surface area contributed by atoms with E-state index in [-0.39, 0.29) is 5.91 Å². The van der Waals surface area contributed by atoms with Crippen LogP contribution >= 0.6 is 0 Å². The highest BCUT2D eigenvalue weighted by atomic mass is 16.5. The smallest absolute Gasteiger partial charge is 0.272 e. The molecule has 0 radical (unpaired) electrons. The van der Waals surface area contributed by atoms with Crippen molar-refractivity contribution in [3.8, 4) is 5.75 Å². The Morgan fingerprint density at radius 1 is 1.09 bits per heavy atom. The molecule has 1 aromatic heterocycles. The van der Waals surface area contributed by atoms with Gasteiger partial charge in [0.25, 0.3) is 5.91 Å². The predicted molar refractivity (Wildman–Crippen MR) is 83.7 cm³/mol. The molecule has 3 aromatic rings. The van der Waals surface area contributed by atoms with E-state index in [0.717, 1.165) is 22.2 Å². The Morgan fingerprint density at radius 3 is 2.73 bits per heavy atom. The van der Waals surface area contributed by atoms with Gasteiger partial charge in [0.05, 0.1) is 12.6 Å². The largest absolute Gasteiger partial charge is 0.496 e. The number of hydrogen-bond donors (Lipinski definition) is 1. The van der Waals surface area contributed by atoms with Gasteiger partial charge in [-0.2, -0.15) is 0 Å². The number of rotatable bonds is 4. The Balaban J connectivity index is 1.75. The molecule has 0 fully saturated rings. The lowest BCUT2D eigenvalue weighted by molar-refractivity contribution is 0.0945. The second-order valence-corrected chi connectivity index (χ2v) is 4.78. The van der Waals surface area contributed by atoms with Crippen LogP contribution in [0.2, 0.25) is 0 Å². The summed E-state index contributed by atoms with van der Waals surface area (Å²) in [5, 5.41) is 11.7. The predicted octanol–water partition coefficient (Wildman–Crippen LogP) is 2.57. The van der Waals surface area contributed by atoms with Crippen molar-refractivity contribution in [3.05, 3.63) is 65.9 Å². The SMILES string of the molecule is COc1ccccc1CNC(=O)c1cc2ccccc2nn1. The van der Waals surface area contributed by atoms with Gasteiger partial charge in [-0.25, -0.2) is 0 Å². The molecule has 0 saturated carbocycles. The number of carbonyl (C=O) groups is 1. The minimum Gasteiger partial charge on any atom is -0.496 e. The van der Waals surface area contributed by atoms with E-state index in [4.69, 9.17) is 4.74 Å². The van der Waals surface area contributed by atoms with Crippen molar-refractivity contribution in [1.82, 2.24) is 15.5 Å². The van der Waals surface area contributed by atoms with E-state index in [2.05, 4.69) is 15.5 Å². The van der Waals surface area contributed by atoms with Crippen molar-refractivity contribution in [2.24, 2.45) is 0 Å². The number of para-hydroxylation sites is 1. The number of carbonyl (C=O) groups excluding carboxylic acids is 1. The van der Waals surface area contributed by atoms with Crippen LogP contribution in [-0.2, 0) is 6.54 Å². The van der Waals surface area contributed by atoms with Gasteiger partial charge >= 0.3 is 0 Å². The number of methoxy groups -OCH3 is 1. The van der Waals surface area contributed by atoms with Gasteiger partial charge in [-0.3, -0.25) is 4.79 Å². The van der Waals surface area contributed by atoms with Crippen LogP contribution in [0, 0.1) is 0 Å². The quantitative estimate of drug-likeness (QED) is 0.803. The highest BCUT2D eigenvalue weighted by Crippen LogP contribution is 2.17. The zero-order chi connectivity index (χ0) is 15.4. The summed E-state index contributed by atoms with van der Waals surface area (Å²) in [6.45, 7) is 0.372. The molecule has 5 heteroatoms. The van der Waals surface area contributed by atoms with E-state index in [1.165, 1.54) is 0 Å². The number of aromatic nitrogens is 2. The first kappa shape index (κ1) is 14.0. The molecule has 2 aromatic carbocycles. The van der Waals surface area contributed by atoms with Crippen LogP contribution < -0.4 is 10.1 Å². The van der Waals surface area contributed by atoms with Crippen LogP contribution in [0.1, 0.15) is 16.1 Å². The summed E-state index contributed by atoms with van der Waals surface area (Å²) < 4.78 is 5.26. The summed E-state index contributed by atoms with van der Waals surface area (Å²) in [6.07, 6.45) is 0. The average Bonchev–Trinajstić information content (AvgIpc) is 2.59. The summed E-state index contributed by atoms with van der Waals surface area (Å²) in [7, 11) is 1.61. The van der Waals surface area contributed by atoms with E-state index < -0.39 is 0 Å². The fourth-order valence-corrected chi connectivity index (χ4v) is 2.21. The van der Waals surface area contributed by atoms with Crippen molar-refractivity contribution in [2.75, 3.05) is 7.11 Å². The third-order valence-corrected chi connectivity index (χ3v) is 3.36. The van der Waals surface area contributed by atoms with Crippen LogP contribution in [0.3, 0.4) is 0 Å². The van der Waals surface area contributed by atoms with E-state index in [1.54, 1.807) is 13.2 Å². The zero-order valence-corrected chi connectivity index (χ0v) is 12.1. The van der Waals surface area contributed by atoms with Crippen LogP contribution in [0.25, 0.3) is 10.9 Å². The zero-order valence-electron chi connectivity index (χ0n) is 12.1. The van der Waals surface area contributed by atoms with Crippen molar-refractivity contribution in [3.63, 3.8) is 0 Å². The van der Waals surface area contributed by atoms with Gasteiger partial charge in [-0.05, 0) is 18.2 Å². The van der Waals surface area contributed by atoms with Gasteiger partial charge in [0.15, 0.2) is 5.69 Å². The Morgan fingerprint density at radius 2 is 1.86 bits per heavy atom. The maximum absolute atomic E-state index is 12.2. The topological polar surface area (TPSA) is 64.1 Å². The molecule has 0 spiro atoms. The van der Waals surface area contributed by atoms with Gasteiger partial charge in [0.2, 0.25) is 0 Å². The molecule has 0 aliphatic heterocycles. The lowest BCUT2D eigenvalue weighted by atomic mass is 10.2. The van der Waals surface area contributed by atoms with Crippen LogP contribution in [0.15, 0.2) is 54.6 Å². The number of nitrogens with zero attached hydrogens (tertiary/aromatic N) is 2. The molecule has 1 amide bonds. The fourth-order valence-electron chi connectivity index (χ4n) is 2.21. The molecule has 5 nitrogen and oxygen atoms in total. The standard InChI is InChI=1S/C17H15N3O2/c1-22-16-9-5-3-7-13(16)11-18-17(21)15-10-12-6-2-4-8-14(12)19-20-15/h2-10H,11H2,1H3,(H,18,21). The third kappa shape index (κ3) is 2.88. The van der Waals surface area contributed by atoms with Crippen molar-refractivity contribution in [2.45, 2.75) is 6.54 Å². The molecule has 110 valence electrons. The van der Waals surface area contributed by atoms with Gasteiger partial charge in [-0.15, -0.1) is 10.2 Å².